The summed E-state index contributed by atoms with van der Waals surface area (Å²) in [5.41, 5.74) is 7.24. The van der Waals surface area contributed by atoms with Crippen molar-refractivity contribution in [1.82, 2.24) is 4.90 Å². The van der Waals surface area contributed by atoms with E-state index in [1.54, 1.807) is 25.1 Å². The van der Waals surface area contributed by atoms with Crippen LogP contribution in [0.5, 0.6) is 0 Å². The van der Waals surface area contributed by atoms with Gasteiger partial charge in [-0.3, -0.25) is 4.79 Å². The summed E-state index contributed by atoms with van der Waals surface area (Å²) in [6.45, 7) is 3.08. The van der Waals surface area contributed by atoms with Gasteiger partial charge in [-0.1, -0.05) is 12.1 Å². The quantitative estimate of drug-likeness (QED) is 0.862. The van der Waals surface area contributed by atoms with Gasteiger partial charge >= 0.3 is 0 Å². The predicted molar refractivity (Wildman–Crippen MR) is 78.5 cm³/mol. The SMILES string of the molecule is C/C(=C\c1ccc(F)cc1)C(=O)N1CCCCC1CN. The average molecular weight is 276 g/mol. The lowest BCUT2D eigenvalue weighted by Crippen LogP contribution is -2.47. The Labute approximate surface area is 119 Å². The summed E-state index contributed by atoms with van der Waals surface area (Å²) in [4.78, 5) is 14.3. The van der Waals surface area contributed by atoms with E-state index in [1.807, 2.05) is 4.90 Å². The van der Waals surface area contributed by atoms with E-state index in [1.165, 1.54) is 12.1 Å². The largest absolute Gasteiger partial charge is 0.335 e. The fraction of sp³-hybridized carbons (Fsp3) is 0.438. The molecule has 1 aliphatic heterocycles. The molecule has 1 aliphatic rings. The van der Waals surface area contributed by atoms with Crippen LogP contribution in [0.1, 0.15) is 31.7 Å². The van der Waals surface area contributed by atoms with Crippen molar-refractivity contribution in [3.05, 3.63) is 41.2 Å². The first-order chi connectivity index (χ1) is 9.61. The Morgan fingerprint density at radius 3 is 2.75 bits per heavy atom. The van der Waals surface area contributed by atoms with Crippen molar-refractivity contribution < 1.29 is 9.18 Å². The maximum atomic E-state index is 12.9. The minimum absolute atomic E-state index is 0.0319. The van der Waals surface area contributed by atoms with Gasteiger partial charge < -0.3 is 10.6 Å². The van der Waals surface area contributed by atoms with Crippen LogP contribution in [0.25, 0.3) is 6.08 Å². The third kappa shape index (κ3) is 3.45. The van der Waals surface area contributed by atoms with Crippen molar-refractivity contribution >= 4 is 12.0 Å². The Morgan fingerprint density at radius 1 is 1.40 bits per heavy atom. The number of likely N-dealkylation sites (tertiary alicyclic amines) is 1. The van der Waals surface area contributed by atoms with E-state index in [-0.39, 0.29) is 17.8 Å². The predicted octanol–water partition coefficient (Wildman–Crippen LogP) is 2.57. The first-order valence-electron chi connectivity index (χ1n) is 7.06. The molecule has 20 heavy (non-hydrogen) atoms. The second-order valence-electron chi connectivity index (χ2n) is 5.26. The number of amides is 1. The molecule has 1 aromatic rings. The van der Waals surface area contributed by atoms with E-state index >= 15 is 0 Å². The maximum absolute atomic E-state index is 12.9. The number of carbonyl (C=O) groups is 1. The molecule has 1 aromatic carbocycles. The Hall–Kier alpha value is -1.68. The van der Waals surface area contributed by atoms with E-state index in [2.05, 4.69) is 0 Å². The molecule has 2 N–H and O–H groups in total. The van der Waals surface area contributed by atoms with Gasteiger partial charge in [-0.15, -0.1) is 0 Å². The molecule has 1 atom stereocenters. The smallest absolute Gasteiger partial charge is 0.249 e. The van der Waals surface area contributed by atoms with Crippen LogP contribution in [0.2, 0.25) is 0 Å². The van der Waals surface area contributed by atoms with Crippen LogP contribution in [0.3, 0.4) is 0 Å². The standard InChI is InChI=1S/C16H21FN2O/c1-12(10-13-5-7-14(17)8-6-13)16(20)19-9-3-2-4-15(19)11-18/h5-8,10,15H,2-4,9,11,18H2,1H3/b12-10+. The molecule has 1 saturated heterocycles. The highest BCUT2D eigenvalue weighted by atomic mass is 19.1. The molecule has 3 nitrogen and oxygen atoms in total. The first-order valence-corrected chi connectivity index (χ1v) is 7.06. The summed E-state index contributed by atoms with van der Waals surface area (Å²) in [5.74, 6) is -0.241. The molecule has 0 saturated carbocycles. The third-order valence-corrected chi connectivity index (χ3v) is 3.75. The fourth-order valence-electron chi connectivity index (χ4n) is 2.61. The molecule has 108 valence electrons. The van der Waals surface area contributed by atoms with Crippen LogP contribution >= 0.6 is 0 Å². The summed E-state index contributed by atoms with van der Waals surface area (Å²) in [5, 5.41) is 0. The lowest BCUT2D eigenvalue weighted by atomic mass is 10.0. The first kappa shape index (κ1) is 14.7. The number of hydrogen-bond donors (Lipinski definition) is 1. The van der Waals surface area contributed by atoms with Gasteiger partial charge in [0.05, 0.1) is 0 Å². The number of hydrogen-bond acceptors (Lipinski definition) is 2. The number of piperidine rings is 1. The van der Waals surface area contributed by atoms with Crippen molar-refractivity contribution in [2.45, 2.75) is 32.2 Å². The fourth-order valence-corrected chi connectivity index (χ4v) is 2.61. The molecule has 1 heterocycles. The summed E-state index contributed by atoms with van der Waals surface area (Å²) in [6.07, 6.45) is 4.94. The van der Waals surface area contributed by atoms with E-state index in [9.17, 15) is 9.18 Å². The van der Waals surface area contributed by atoms with Crippen LogP contribution in [-0.2, 0) is 4.79 Å². The molecule has 1 fully saturated rings. The number of carbonyl (C=O) groups excluding carboxylic acids is 1. The van der Waals surface area contributed by atoms with Gasteiger partial charge in [0.25, 0.3) is 0 Å². The highest BCUT2D eigenvalue weighted by Crippen LogP contribution is 2.19. The van der Waals surface area contributed by atoms with Gasteiger partial charge in [0.1, 0.15) is 5.82 Å². The lowest BCUT2D eigenvalue weighted by molar-refractivity contribution is -0.130. The normalized spacial score (nSPS) is 20.1. The van der Waals surface area contributed by atoms with E-state index in [0.29, 0.717) is 12.1 Å². The van der Waals surface area contributed by atoms with Gasteiger partial charge in [0, 0.05) is 24.7 Å². The second-order valence-corrected chi connectivity index (χ2v) is 5.26. The molecule has 4 heteroatoms. The summed E-state index contributed by atoms with van der Waals surface area (Å²) in [6, 6.07) is 6.28. The molecular formula is C16H21FN2O. The number of halogens is 1. The molecule has 0 radical (unpaired) electrons. The molecule has 0 aliphatic carbocycles. The van der Waals surface area contributed by atoms with Crippen LogP contribution in [-0.4, -0.2) is 29.9 Å². The van der Waals surface area contributed by atoms with Crippen molar-refractivity contribution in [3.63, 3.8) is 0 Å². The summed E-state index contributed by atoms with van der Waals surface area (Å²) >= 11 is 0. The average Bonchev–Trinajstić information content (AvgIpc) is 2.48. The van der Waals surface area contributed by atoms with Gasteiger partial charge in [-0.25, -0.2) is 4.39 Å². The number of nitrogens with zero attached hydrogens (tertiary/aromatic N) is 1. The van der Waals surface area contributed by atoms with E-state index < -0.39 is 0 Å². The van der Waals surface area contributed by atoms with Gasteiger partial charge in [-0.2, -0.15) is 0 Å². The Balaban J connectivity index is 2.12. The lowest BCUT2D eigenvalue weighted by Gasteiger charge is -2.35. The van der Waals surface area contributed by atoms with E-state index in [0.717, 1.165) is 31.4 Å². The molecule has 0 aromatic heterocycles. The topological polar surface area (TPSA) is 46.3 Å². The Morgan fingerprint density at radius 2 is 2.10 bits per heavy atom. The number of nitrogens with two attached hydrogens (primary N) is 1. The van der Waals surface area contributed by atoms with Gasteiger partial charge in [0.15, 0.2) is 0 Å². The molecule has 1 unspecified atom stereocenters. The number of rotatable bonds is 3. The number of benzene rings is 1. The minimum Gasteiger partial charge on any atom is -0.335 e. The minimum atomic E-state index is -0.273. The second kappa shape index (κ2) is 6.66. The molecule has 0 bridgehead atoms. The monoisotopic (exact) mass is 276 g/mol. The van der Waals surface area contributed by atoms with Crippen LogP contribution < -0.4 is 5.73 Å². The van der Waals surface area contributed by atoms with Crippen LogP contribution in [0.15, 0.2) is 29.8 Å². The van der Waals surface area contributed by atoms with Crippen molar-refractivity contribution in [2.24, 2.45) is 5.73 Å². The maximum Gasteiger partial charge on any atom is 0.249 e. The van der Waals surface area contributed by atoms with Crippen LogP contribution in [0, 0.1) is 5.82 Å². The zero-order chi connectivity index (χ0) is 14.5. The summed E-state index contributed by atoms with van der Waals surface area (Å²) < 4.78 is 12.9. The van der Waals surface area contributed by atoms with Gasteiger partial charge in [0.2, 0.25) is 5.91 Å². The molecule has 2 rings (SSSR count). The molecule has 1 amide bonds. The zero-order valence-electron chi connectivity index (χ0n) is 11.8. The van der Waals surface area contributed by atoms with Crippen LogP contribution in [0.4, 0.5) is 4.39 Å². The zero-order valence-corrected chi connectivity index (χ0v) is 11.8. The van der Waals surface area contributed by atoms with Crippen molar-refractivity contribution in [2.75, 3.05) is 13.1 Å². The van der Waals surface area contributed by atoms with Gasteiger partial charge in [-0.05, 0) is 50.0 Å². The highest BCUT2D eigenvalue weighted by Gasteiger charge is 2.26. The summed E-state index contributed by atoms with van der Waals surface area (Å²) in [7, 11) is 0. The molecular weight excluding hydrogens is 255 g/mol. The molecule has 0 spiro atoms. The Kier molecular flexibility index (Phi) is 4.90. The Bertz CT molecular complexity index is 496. The van der Waals surface area contributed by atoms with E-state index in [4.69, 9.17) is 5.73 Å². The van der Waals surface area contributed by atoms with Crippen molar-refractivity contribution in [3.8, 4) is 0 Å². The highest BCUT2D eigenvalue weighted by molar-refractivity contribution is 5.97. The third-order valence-electron chi connectivity index (χ3n) is 3.75. The van der Waals surface area contributed by atoms with Crippen molar-refractivity contribution in [1.29, 1.82) is 0 Å².